The van der Waals surface area contributed by atoms with Crippen LogP contribution in [0.5, 0.6) is 17.2 Å². The molecule has 0 unspecified atom stereocenters. The van der Waals surface area contributed by atoms with E-state index in [2.05, 4.69) is 16.2 Å². The fourth-order valence-corrected chi connectivity index (χ4v) is 3.11. The number of piperazine rings is 1. The van der Waals surface area contributed by atoms with E-state index in [1.165, 1.54) is 16.7 Å². The minimum absolute atomic E-state index is 0.0991. The summed E-state index contributed by atoms with van der Waals surface area (Å²) in [6.07, 6.45) is 1.79. The van der Waals surface area contributed by atoms with Crippen LogP contribution in [0.25, 0.3) is 0 Å². The predicted octanol–water partition coefficient (Wildman–Crippen LogP) is 1.03. The smallest absolute Gasteiger partial charge is 0.179 e. The van der Waals surface area contributed by atoms with Crippen molar-refractivity contribution in [3.63, 3.8) is 0 Å². The Labute approximate surface area is 154 Å². The lowest BCUT2D eigenvalue weighted by atomic mass is 10.2. The fraction of sp³-hybridized carbons (Fsp3) is 0.350. The third kappa shape index (κ3) is 4.26. The molecule has 0 saturated carbocycles. The maximum Gasteiger partial charge on any atom is 0.179 e. The molecule has 0 aromatic heterocycles. The van der Waals surface area contributed by atoms with Crippen LogP contribution in [0, 0.1) is 0 Å². The third-order valence-corrected chi connectivity index (χ3v) is 4.47. The first-order valence-electron chi connectivity index (χ1n) is 8.92. The molecule has 0 atom stereocenters. The van der Waals surface area contributed by atoms with Gasteiger partial charge in [0.15, 0.2) is 11.4 Å². The zero-order valence-electron chi connectivity index (χ0n) is 15.3. The number of hydrazone groups is 1. The van der Waals surface area contributed by atoms with Crippen molar-refractivity contribution >= 4 is 11.9 Å². The highest BCUT2D eigenvalue weighted by molar-refractivity contribution is 5.80. The molecule has 6 heteroatoms. The molecule has 26 heavy (non-hydrogen) atoms. The second-order valence-electron chi connectivity index (χ2n) is 6.14. The van der Waals surface area contributed by atoms with Gasteiger partial charge in [-0.15, -0.1) is 0 Å². The Morgan fingerprint density at radius 2 is 1.92 bits per heavy atom. The van der Waals surface area contributed by atoms with E-state index in [9.17, 15) is 5.11 Å². The summed E-state index contributed by atoms with van der Waals surface area (Å²) in [6, 6.07) is 13.2. The topological polar surface area (TPSA) is 61.6 Å². The van der Waals surface area contributed by atoms with Gasteiger partial charge in [0.1, 0.15) is 18.8 Å². The van der Waals surface area contributed by atoms with Crippen molar-refractivity contribution in [1.29, 1.82) is 0 Å². The zero-order chi connectivity index (χ0) is 18.4. The van der Waals surface area contributed by atoms with E-state index in [0.29, 0.717) is 12.4 Å². The fourth-order valence-electron chi connectivity index (χ4n) is 3.11. The standard InChI is InChI=1S/C20H25N3O3/c1-3-26-20-14-16(8-9-18(20)24)15-21-23-12-10-22(11-13-23)17-6-4-5-7-19(17)25-2/h4-9,14-15,24H,3,10-13H2,1-2H3. The first-order chi connectivity index (χ1) is 12.7. The number of rotatable bonds is 6. The molecule has 3 rings (SSSR count). The van der Waals surface area contributed by atoms with Crippen molar-refractivity contribution < 1.29 is 19.5 Å². The van der Waals surface area contributed by atoms with E-state index in [0.717, 1.165) is 37.5 Å². The number of ether oxygens (including phenoxy) is 2. The van der Waals surface area contributed by atoms with Crippen LogP contribution in [0.15, 0.2) is 47.6 Å². The highest BCUT2D eigenvalue weighted by atomic mass is 16.5. The summed E-state index contributed by atoms with van der Waals surface area (Å²) in [7, 11) is 1.71. The van der Waals surface area contributed by atoms with Crippen LogP contribution in [0.1, 0.15) is 12.5 Å². The summed E-state index contributed by atoms with van der Waals surface area (Å²) in [5, 5.41) is 18.3. The first-order valence-corrected chi connectivity index (χ1v) is 8.92. The van der Waals surface area contributed by atoms with Crippen molar-refractivity contribution in [2.75, 3.05) is 39.9 Å². The Hall–Kier alpha value is -2.73. The van der Waals surface area contributed by atoms with Crippen molar-refractivity contribution in [3.8, 4) is 17.2 Å². The van der Waals surface area contributed by atoms with Crippen LogP contribution in [-0.4, -0.2) is 51.1 Å². The SMILES string of the molecule is CCOc1cc(C=NN2CC[NH+](c3ccccc3OC)CC2)ccc1[O-]. The molecule has 1 saturated heterocycles. The van der Waals surface area contributed by atoms with Gasteiger partial charge in [-0.2, -0.15) is 5.10 Å². The van der Waals surface area contributed by atoms with Crippen LogP contribution < -0.4 is 19.5 Å². The quantitative estimate of drug-likeness (QED) is 0.787. The van der Waals surface area contributed by atoms with Gasteiger partial charge in [0.05, 0.1) is 33.0 Å². The Balaban J connectivity index is 1.60. The second kappa shape index (κ2) is 8.58. The molecule has 0 amide bonds. The van der Waals surface area contributed by atoms with Crippen molar-refractivity contribution in [2.45, 2.75) is 6.92 Å². The summed E-state index contributed by atoms with van der Waals surface area (Å²) in [5.74, 6) is 1.21. The molecule has 1 fully saturated rings. The van der Waals surface area contributed by atoms with E-state index in [1.54, 1.807) is 25.5 Å². The molecule has 0 radical (unpaired) electrons. The van der Waals surface area contributed by atoms with E-state index >= 15 is 0 Å². The molecular formula is C20H25N3O3. The maximum absolute atomic E-state index is 11.7. The highest BCUT2D eigenvalue weighted by Gasteiger charge is 2.23. The third-order valence-electron chi connectivity index (χ3n) is 4.47. The van der Waals surface area contributed by atoms with E-state index in [1.807, 2.05) is 25.1 Å². The number of nitrogens with zero attached hydrogens (tertiary/aromatic N) is 2. The number of hydrogen-bond donors (Lipinski definition) is 1. The summed E-state index contributed by atoms with van der Waals surface area (Å²) in [6.45, 7) is 5.99. The molecule has 1 aliphatic rings. The average Bonchev–Trinajstić information content (AvgIpc) is 2.69. The molecule has 0 bridgehead atoms. The second-order valence-corrected chi connectivity index (χ2v) is 6.14. The van der Waals surface area contributed by atoms with E-state index in [4.69, 9.17) is 9.47 Å². The highest BCUT2D eigenvalue weighted by Crippen LogP contribution is 2.23. The van der Waals surface area contributed by atoms with Gasteiger partial charge in [-0.25, -0.2) is 0 Å². The van der Waals surface area contributed by atoms with Crippen LogP contribution in [-0.2, 0) is 0 Å². The lowest BCUT2D eigenvalue weighted by Gasteiger charge is -2.30. The van der Waals surface area contributed by atoms with Crippen molar-refractivity contribution in [2.24, 2.45) is 5.10 Å². The number of para-hydroxylation sites is 2. The van der Waals surface area contributed by atoms with E-state index < -0.39 is 0 Å². The molecule has 138 valence electrons. The van der Waals surface area contributed by atoms with Gasteiger partial charge in [0.25, 0.3) is 0 Å². The zero-order valence-corrected chi connectivity index (χ0v) is 15.3. The Bertz CT molecular complexity index is 756. The number of hydrogen-bond acceptors (Lipinski definition) is 5. The lowest BCUT2D eigenvalue weighted by Crippen LogP contribution is -3.10. The van der Waals surface area contributed by atoms with Gasteiger partial charge >= 0.3 is 0 Å². The number of methoxy groups -OCH3 is 1. The van der Waals surface area contributed by atoms with E-state index in [-0.39, 0.29) is 5.75 Å². The van der Waals surface area contributed by atoms with Gasteiger partial charge in [0, 0.05) is 6.07 Å². The van der Waals surface area contributed by atoms with Gasteiger partial charge in [-0.1, -0.05) is 30.0 Å². The Morgan fingerprint density at radius 3 is 2.65 bits per heavy atom. The molecule has 0 aliphatic carbocycles. The summed E-state index contributed by atoms with van der Waals surface area (Å²) in [5.41, 5.74) is 2.07. The maximum atomic E-state index is 11.7. The number of nitrogens with one attached hydrogen (secondary N) is 1. The Kier molecular flexibility index (Phi) is 5.96. The summed E-state index contributed by atoms with van der Waals surface area (Å²) in [4.78, 5) is 1.41. The monoisotopic (exact) mass is 355 g/mol. The van der Waals surface area contributed by atoms with Crippen molar-refractivity contribution in [3.05, 3.63) is 48.0 Å². The Morgan fingerprint density at radius 1 is 1.15 bits per heavy atom. The van der Waals surface area contributed by atoms with Crippen LogP contribution >= 0.6 is 0 Å². The van der Waals surface area contributed by atoms with Gasteiger partial charge in [-0.05, 0) is 24.6 Å². The number of quaternary nitrogens is 1. The lowest BCUT2D eigenvalue weighted by molar-refractivity contribution is -0.838. The van der Waals surface area contributed by atoms with Crippen molar-refractivity contribution in [1.82, 2.24) is 5.01 Å². The summed E-state index contributed by atoms with van der Waals surface area (Å²) < 4.78 is 10.8. The average molecular weight is 355 g/mol. The van der Waals surface area contributed by atoms with Gasteiger partial charge in [0.2, 0.25) is 0 Å². The molecule has 6 nitrogen and oxygen atoms in total. The molecule has 2 aromatic rings. The summed E-state index contributed by atoms with van der Waals surface area (Å²) >= 11 is 0. The van der Waals surface area contributed by atoms with Gasteiger partial charge in [-0.3, -0.25) is 9.91 Å². The predicted molar refractivity (Wildman–Crippen MR) is 99.6 cm³/mol. The molecule has 2 aromatic carbocycles. The first kappa shape index (κ1) is 18.1. The molecule has 1 heterocycles. The molecule has 0 spiro atoms. The van der Waals surface area contributed by atoms with Crippen LogP contribution in [0.4, 0.5) is 5.69 Å². The molecule has 1 aliphatic heterocycles. The molecule has 1 N–H and O–H groups in total. The number of benzene rings is 2. The van der Waals surface area contributed by atoms with Gasteiger partial charge < -0.3 is 14.6 Å². The minimum atomic E-state index is -0.0991. The molecular weight excluding hydrogens is 330 g/mol. The largest absolute Gasteiger partial charge is 0.870 e. The normalized spacial score (nSPS) is 15.4. The van der Waals surface area contributed by atoms with Crippen LogP contribution in [0.3, 0.4) is 0 Å². The minimum Gasteiger partial charge on any atom is -0.870 e. The van der Waals surface area contributed by atoms with Crippen LogP contribution in [0.2, 0.25) is 0 Å².